The highest BCUT2D eigenvalue weighted by Crippen LogP contribution is 2.18. The first kappa shape index (κ1) is 26.7. The van der Waals surface area contributed by atoms with Crippen molar-refractivity contribution in [3.05, 3.63) is 65.5 Å². The molecular weight excluding hydrogens is 482 g/mol. The van der Waals surface area contributed by atoms with Crippen LogP contribution in [0.5, 0.6) is 5.75 Å². The van der Waals surface area contributed by atoms with E-state index in [1.165, 1.54) is 24.4 Å². The van der Waals surface area contributed by atoms with Gasteiger partial charge in [-0.15, -0.1) is 10.2 Å². The topological polar surface area (TPSA) is 124 Å². The molecule has 2 aromatic carbocycles. The first-order valence-electron chi connectivity index (χ1n) is 11.3. The van der Waals surface area contributed by atoms with E-state index in [-0.39, 0.29) is 24.1 Å². The van der Waals surface area contributed by atoms with E-state index in [0.717, 1.165) is 6.42 Å². The normalized spacial score (nSPS) is 11.4. The summed E-state index contributed by atoms with van der Waals surface area (Å²) in [6.07, 6.45) is 0.255. The lowest BCUT2D eigenvalue weighted by Crippen LogP contribution is -2.36. The number of amides is 2. The molecule has 0 spiro atoms. The van der Waals surface area contributed by atoms with E-state index in [0.29, 0.717) is 28.0 Å². The monoisotopic (exact) mass is 511 g/mol. The lowest BCUT2D eigenvalue weighted by atomic mass is 10.2. The predicted octanol–water partition coefficient (Wildman–Crippen LogP) is 2.98. The number of nitrogens with one attached hydrogen (secondary N) is 2. The Bertz CT molecular complexity index is 1210. The van der Waals surface area contributed by atoms with E-state index < -0.39 is 12.1 Å². The van der Waals surface area contributed by atoms with E-state index in [2.05, 4.69) is 27.8 Å². The minimum Gasteiger partial charge on any atom is -0.481 e. The zero-order valence-electron chi connectivity index (χ0n) is 20.6. The van der Waals surface area contributed by atoms with Crippen LogP contribution in [0.2, 0.25) is 0 Å². The highest BCUT2D eigenvalue weighted by molar-refractivity contribution is 7.99. The van der Waals surface area contributed by atoms with Gasteiger partial charge in [-0.1, -0.05) is 36.9 Å². The van der Waals surface area contributed by atoms with Crippen molar-refractivity contribution < 1.29 is 23.9 Å². The van der Waals surface area contributed by atoms with Crippen molar-refractivity contribution in [2.75, 3.05) is 18.2 Å². The molecule has 0 bridgehead atoms. The molecular formula is C25H29N5O5S. The second-order valence-corrected chi connectivity index (χ2v) is 8.78. The Kier molecular flexibility index (Phi) is 9.46. The average molecular weight is 512 g/mol. The van der Waals surface area contributed by atoms with E-state index in [4.69, 9.17) is 9.47 Å². The van der Waals surface area contributed by atoms with Crippen molar-refractivity contribution in [3.63, 3.8) is 0 Å². The number of esters is 1. The molecule has 2 amide bonds. The van der Waals surface area contributed by atoms with Gasteiger partial charge in [-0.3, -0.25) is 9.59 Å². The maximum Gasteiger partial charge on any atom is 0.337 e. The summed E-state index contributed by atoms with van der Waals surface area (Å²) in [6.45, 7) is 3.92. The van der Waals surface area contributed by atoms with Gasteiger partial charge in [0.05, 0.1) is 25.0 Å². The number of ether oxygens (including phenoxy) is 2. The Labute approximate surface area is 213 Å². The molecule has 190 valence electrons. The van der Waals surface area contributed by atoms with E-state index in [9.17, 15) is 14.4 Å². The van der Waals surface area contributed by atoms with Crippen molar-refractivity contribution in [2.45, 2.75) is 38.1 Å². The Morgan fingerprint density at radius 3 is 2.56 bits per heavy atom. The molecule has 1 heterocycles. The summed E-state index contributed by atoms with van der Waals surface area (Å²) in [7, 11) is 3.06. The first-order chi connectivity index (χ1) is 17.3. The van der Waals surface area contributed by atoms with Crippen LogP contribution in [0.1, 0.15) is 35.6 Å². The molecule has 0 radical (unpaired) electrons. The summed E-state index contributed by atoms with van der Waals surface area (Å²) in [6, 6.07) is 14.1. The number of benzene rings is 2. The van der Waals surface area contributed by atoms with E-state index >= 15 is 0 Å². The zero-order valence-corrected chi connectivity index (χ0v) is 21.4. The number of rotatable bonds is 11. The number of nitrogens with zero attached hydrogens (tertiary/aromatic N) is 3. The lowest BCUT2D eigenvalue weighted by Gasteiger charge is -2.15. The Balaban J connectivity index is 1.47. The summed E-state index contributed by atoms with van der Waals surface area (Å²) in [5, 5.41) is 14.3. The second-order valence-electron chi connectivity index (χ2n) is 7.84. The smallest absolute Gasteiger partial charge is 0.337 e. The third kappa shape index (κ3) is 7.32. The number of thioether (sulfide) groups is 1. The number of aryl methyl sites for hydroxylation is 1. The van der Waals surface area contributed by atoms with Crippen molar-refractivity contribution in [1.82, 2.24) is 20.1 Å². The van der Waals surface area contributed by atoms with E-state index in [1.807, 2.05) is 24.3 Å². The van der Waals surface area contributed by atoms with Gasteiger partial charge in [0.25, 0.3) is 5.91 Å². The third-order valence-electron chi connectivity index (χ3n) is 5.26. The molecule has 0 fully saturated rings. The van der Waals surface area contributed by atoms with Crippen LogP contribution in [0.3, 0.4) is 0 Å². The van der Waals surface area contributed by atoms with Gasteiger partial charge in [0, 0.05) is 12.7 Å². The molecule has 0 unspecified atom stereocenters. The summed E-state index contributed by atoms with van der Waals surface area (Å²) in [5.41, 5.74) is 2.03. The van der Waals surface area contributed by atoms with Gasteiger partial charge in [0.15, 0.2) is 17.1 Å². The van der Waals surface area contributed by atoms with Crippen molar-refractivity contribution in [1.29, 1.82) is 0 Å². The fraction of sp³-hybridized carbons (Fsp3) is 0.320. The highest BCUT2D eigenvalue weighted by Gasteiger charge is 2.17. The van der Waals surface area contributed by atoms with Gasteiger partial charge in [0.1, 0.15) is 5.75 Å². The molecule has 2 N–H and O–H groups in total. The van der Waals surface area contributed by atoms with Crippen LogP contribution in [0.4, 0.5) is 5.69 Å². The van der Waals surface area contributed by atoms with Crippen LogP contribution in [-0.2, 0) is 34.3 Å². The molecule has 0 aliphatic carbocycles. The van der Waals surface area contributed by atoms with Gasteiger partial charge in [-0.25, -0.2) is 4.79 Å². The second kappa shape index (κ2) is 12.7. The summed E-state index contributed by atoms with van der Waals surface area (Å²) >= 11 is 1.20. The molecule has 0 saturated carbocycles. The van der Waals surface area contributed by atoms with E-state index in [1.54, 1.807) is 42.8 Å². The summed E-state index contributed by atoms with van der Waals surface area (Å²) in [4.78, 5) is 36.5. The number of methoxy groups -OCH3 is 1. The predicted molar refractivity (Wildman–Crippen MR) is 136 cm³/mol. The zero-order chi connectivity index (χ0) is 26.1. The minimum absolute atomic E-state index is 0.0858. The first-order valence-corrected chi connectivity index (χ1v) is 12.3. The molecule has 10 nitrogen and oxygen atoms in total. The molecule has 3 aromatic rings. The van der Waals surface area contributed by atoms with Gasteiger partial charge >= 0.3 is 5.97 Å². The SMILES string of the molecule is CCc1ccc(O[C@@H](C)C(=O)NCc2nnc(SCC(=O)Nc3cccc(C(=O)OC)c3)n2C)cc1. The maximum atomic E-state index is 12.5. The van der Waals surface area contributed by atoms with Gasteiger partial charge in [0.2, 0.25) is 5.91 Å². The van der Waals surface area contributed by atoms with Crippen LogP contribution >= 0.6 is 11.8 Å². The molecule has 3 rings (SSSR count). The molecule has 0 saturated heterocycles. The van der Waals surface area contributed by atoms with Crippen molar-refractivity contribution in [2.24, 2.45) is 7.05 Å². The Morgan fingerprint density at radius 1 is 1.11 bits per heavy atom. The third-order valence-corrected chi connectivity index (χ3v) is 6.28. The number of carbonyl (C=O) groups excluding carboxylic acids is 3. The number of anilines is 1. The van der Waals surface area contributed by atoms with Crippen LogP contribution in [0.25, 0.3) is 0 Å². The quantitative estimate of drug-likeness (QED) is 0.297. The molecule has 1 aromatic heterocycles. The van der Waals surface area contributed by atoms with Crippen LogP contribution in [0.15, 0.2) is 53.7 Å². The van der Waals surface area contributed by atoms with Crippen LogP contribution in [-0.4, -0.2) is 51.5 Å². The molecule has 0 aliphatic rings. The van der Waals surface area contributed by atoms with Crippen molar-refractivity contribution in [3.8, 4) is 5.75 Å². The minimum atomic E-state index is -0.680. The Morgan fingerprint density at radius 2 is 1.86 bits per heavy atom. The maximum absolute atomic E-state index is 12.5. The molecule has 0 aliphatic heterocycles. The van der Waals surface area contributed by atoms with Crippen LogP contribution in [0, 0.1) is 0 Å². The average Bonchev–Trinajstić information content (AvgIpc) is 3.25. The van der Waals surface area contributed by atoms with Crippen molar-refractivity contribution >= 4 is 35.2 Å². The van der Waals surface area contributed by atoms with Gasteiger partial charge in [-0.05, 0) is 49.2 Å². The fourth-order valence-corrected chi connectivity index (χ4v) is 3.89. The molecule has 36 heavy (non-hydrogen) atoms. The number of hydrogen-bond acceptors (Lipinski definition) is 8. The molecule has 11 heteroatoms. The number of carbonyl (C=O) groups is 3. The number of aromatic nitrogens is 3. The molecule has 1 atom stereocenters. The highest BCUT2D eigenvalue weighted by atomic mass is 32.2. The van der Waals surface area contributed by atoms with Crippen LogP contribution < -0.4 is 15.4 Å². The number of hydrogen-bond donors (Lipinski definition) is 2. The standard InChI is InChI=1S/C25H29N5O5S/c1-5-17-9-11-20(12-10-17)35-16(2)23(32)26-14-21-28-29-25(30(21)3)36-15-22(31)27-19-8-6-7-18(13-19)24(33)34-4/h6-13,16H,5,14-15H2,1-4H3,(H,26,32)(H,27,31)/t16-/m0/s1. The lowest BCUT2D eigenvalue weighted by molar-refractivity contribution is -0.127. The van der Waals surface area contributed by atoms with Gasteiger partial charge in [-0.2, -0.15) is 0 Å². The Hall–Kier alpha value is -3.86. The van der Waals surface area contributed by atoms with Gasteiger partial charge < -0.3 is 24.7 Å². The fourth-order valence-electron chi connectivity index (χ4n) is 3.16. The summed E-state index contributed by atoms with van der Waals surface area (Å²) < 4.78 is 12.1. The summed E-state index contributed by atoms with van der Waals surface area (Å²) in [5.74, 6) is 0.227. The largest absolute Gasteiger partial charge is 0.481 e.